The lowest BCUT2D eigenvalue weighted by Gasteiger charge is -2.22. The van der Waals surface area contributed by atoms with Gasteiger partial charge in [0.15, 0.2) is 0 Å². The fourth-order valence-electron chi connectivity index (χ4n) is 2.76. The highest BCUT2D eigenvalue weighted by atomic mass is 79.9. The van der Waals surface area contributed by atoms with Crippen LogP contribution >= 0.6 is 15.9 Å². The van der Waals surface area contributed by atoms with Crippen molar-refractivity contribution in [3.63, 3.8) is 0 Å². The molecule has 3 nitrogen and oxygen atoms in total. The molecule has 0 spiro atoms. The molecule has 0 bridgehead atoms. The van der Waals surface area contributed by atoms with Gasteiger partial charge in [0.05, 0.1) is 23.1 Å². The molecule has 1 aromatic heterocycles. The number of fused-ring (bicyclic) bond motifs is 1. The highest BCUT2D eigenvalue weighted by Gasteiger charge is 2.45. The van der Waals surface area contributed by atoms with Crippen LogP contribution in [0.1, 0.15) is 26.7 Å². The number of nitrogens with two attached hydrogens (primary N) is 1. The lowest BCUT2D eigenvalue weighted by molar-refractivity contribution is 0.380. The van der Waals surface area contributed by atoms with E-state index >= 15 is 0 Å². The molecule has 20 heavy (non-hydrogen) atoms. The van der Waals surface area contributed by atoms with E-state index in [1.54, 1.807) is 6.20 Å². The van der Waals surface area contributed by atoms with Crippen LogP contribution in [0.2, 0.25) is 0 Å². The first kappa shape index (κ1) is 13.7. The molecule has 1 fully saturated rings. The molecule has 0 unspecified atom stereocenters. The van der Waals surface area contributed by atoms with Crippen molar-refractivity contribution in [3.05, 3.63) is 28.9 Å². The fraction of sp³-hybridized carbons (Fsp3) is 0.438. The summed E-state index contributed by atoms with van der Waals surface area (Å²) in [6.07, 6.45) is 4.36. The zero-order valence-corrected chi connectivity index (χ0v) is 13.5. The number of hydrogen-bond acceptors (Lipinski definition) is 3. The molecule has 1 aliphatic carbocycles. The van der Waals surface area contributed by atoms with Crippen LogP contribution in [-0.2, 0) is 0 Å². The van der Waals surface area contributed by atoms with E-state index in [4.69, 9.17) is 5.73 Å². The fourth-order valence-corrected chi connectivity index (χ4v) is 3.12. The van der Waals surface area contributed by atoms with Gasteiger partial charge in [0.1, 0.15) is 0 Å². The Kier molecular flexibility index (Phi) is 3.36. The summed E-state index contributed by atoms with van der Waals surface area (Å²) in [5.74, 6) is 0.705. The standard InChI is InChI=1S/C16H20BrN3/c1-10(2)16(5-6-16)9-20-15-12-7-11(17)3-4-14(12)19-8-13(15)18/h3-4,7-8,10H,5-6,9,18H2,1-2H3,(H,19,20). The number of rotatable bonds is 4. The summed E-state index contributed by atoms with van der Waals surface area (Å²) in [6.45, 7) is 5.60. The summed E-state index contributed by atoms with van der Waals surface area (Å²) in [5.41, 5.74) is 9.28. The quantitative estimate of drug-likeness (QED) is 0.870. The lowest BCUT2D eigenvalue weighted by atomic mass is 9.92. The molecule has 1 saturated carbocycles. The Bertz CT molecular complexity index is 642. The Balaban J connectivity index is 1.94. The molecule has 0 atom stereocenters. The van der Waals surface area contributed by atoms with Gasteiger partial charge >= 0.3 is 0 Å². The largest absolute Gasteiger partial charge is 0.396 e. The van der Waals surface area contributed by atoms with E-state index in [1.165, 1.54) is 12.8 Å². The predicted octanol–water partition coefficient (Wildman–Crippen LogP) is 4.43. The second kappa shape index (κ2) is 4.92. The summed E-state index contributed by atoms with van der Waals surface area (Å²) in [4.78, 5) is 4.39. The SMILES string of the molecule is CC(C)C1(CNc2c(N)cnc3ccc(Br)cc23)CC1. The van der Waals surface area contributed by atoms with Crippen molar-refractivity contribution < 1.29 is 0 Å². The van der Waals surface area contributed by atoms with Gasteiger partial charge in [-0.1, -0.05) is 29.8 Å². The van der Waals surface area contributed by atoms with E-state index < -0.39 is 0 Å². The Morgan fingerprint density at radius 3 is 2.80 bits per heavy atom. The van der Waals surface area contributed by atoms with Gasteiger partial charge in [0.25, 0.3) is 0 Å². The predicted molar refractivity (Wildman–Crippen MR) is 88.9 cm³/mol. The van der Waals surface area contributed by atoms with Gasteiger partial charge in [-0.3, -0.25) is 4.98 Å². The highest BCUT2D eigenvalue weighted by Crippen LogP contribution is 2.52. The molecule has 1 aliphatic rings. The number of anilines is 2. The smallest absolute Gasteiger partial charge is 0.0743 e. The minimum absolute atomic E-state index is 0.452. The topological polar surface area (TPSA) is 50.9 Å². The van der Waals surface area contributed by atoms with Gasteiger partial charge in [-0.05, 0) is 42.4 Å². The number of nitrogen functional groups attached to an aromatic ring is 1. The summed E-state index contributed by atoms with van der Waals surface area (Å²) in [7, 11) is 0. The Morgan fingerprint density at radius 2 is 2.15 bits per heavy atom. The van der Waals surface area contributed by atoms with Crippen LogP contribution in [0.25, 0.3) is 10.9 Å². The summed E-state index contributed by atoms with van der Waals surface area (Å²) in [6, 6.07) is 6.10. The highest BCUT2D eigenvalue weighted by molar-refractivity contribution is 9.10. The van der Waals surface area contributed by atoms with Gasteiger partial charge in [-0.2, -0.15) is 0 Å². The van der Waals surface area contributed by atoms with Crippen molar-refractivity contribution >= 4 is 38.2 Å². The summed E-state index contributed by atoms with van der Waals surface area (Å²) >= 11 is 3.52. The number of pyridine rings is 1. The number of aromatic nitrogens is 1. The van der Waals surface area contributed by atoms with Crippen molar-refractivity contribution in [2.24, 2.45) is 11.3 Å². The Labute approximate surface area is 128 Å². The normalized spacial score (nSPS) is 16.6. The molecule has 0 saturated heterocycles. The molecule has 1 heterocycles. The molecule has 0 radical (unpaired) electrons. The van der Waals surface area contributed by atoms with Crippen molar-refractivity contribution in [1.82, 2.24) is 4.98 Å². The molecular weight excluding hydrogens is 314 g/mol. The van der Waals surface area contributed by atoms with Crippen LogP contribution in [0, 0.1) is 11.3 Å². The Hall–Kier alpha value is -1.29. The Morgan fingerprint density at radius 1 is 1.40 bits per heavy atom. The van der Waals surface area contributed by atoms with Crippen LogP contribution in [0.4, 0.5) is 11.4 Å². The zero-order chi connectivity index (χ0) is 14.3. The van der Waals surface area contributed by atoms with Crippen LogP contribution < -0.4 is 11.1 Å². The van der Waals surface area contributed by atoms with Gasteiger partial charge < -0.3 is 11.1 Å². The van der Waals surface area contributed by atoms with Crippen molar-refractivity contribution in [3.8, 4) is 0 Å². The number of nitrogens with one attached hydrogen (secondary N) is 1. The monoisotopic (exact) mass is 333 g/mol. The first-order valence-electron chi connectivity index (χ1n) is 7.09. The molecule has 1 aromatic carbocycles. The van der Waals surface area contributed by atoms with Gasteiger partial charge in [0.2, 0.25) is 0 Å². The van der Waals surface area contributed by atoms with E-state index in [2.05, 4.69) is 46.1 Å². The maximum Gasteiger partial charge on any atom is 0.0743 e. The number of hydrogen-bond donors (Lipinski definition) is 2. The average Bonchev–Trinajstić information content (AvgIpc) is 3.19. The van der Waals surface area contributed by atoms with Crippen molar-refractivity contribution in [1.29, 1.82) is 0 Å². The maximum atomic E-state index is 6.12. The van der Waals surface area contributed by atoms with Crippen molar-refractivity contribution in [2.75, 3.05) is 17.6 Å². The van der Waals surface area contributed by atoms with E-state index in [-0.39, 0.29) is 0 Å². The third kappa shape index (κ3) is 2.37. The van der Waals surface area contributed by atoms with Crippen molar-refractivity contribution in [2.45, 2.75) is 26.7 Å². The molecule has 4 heteroatoms. The molecule has 0 aliphatic heterocycles. The number of benzene rings is 1. The third-order valence-electron chi connectivity index (χ3n) is 4.59. The van der Waals surface area contributed by atoms with Gasteiger partial charge in [-0.15, -0.1) is 0 Å². The molecular formula is C16H20BrN3. The van der Waals surface area contributed by atoms with E-state index in [1.807, 2.05) is 12.1 Å². The number of halogens is 1. The zero-order valence-electron chi connectivity index (χ0n) is 11.9. The molecule has 3 rings (SSSR count). The van der Waals surface area contributed by atoms with Crippen LogP contribution in [0.15, 0.2) is 28.9 Å². The van der Waals surface area contributed by atoms with Gasteiger partial charge in [0, 0.05) is 16.4 Å². The minimum atomic E-state index is 0.452. The first-order valence-corrected chi connectivity index (χ1v) is 7.89. The second-order valence-corrected chi connectivity index (χ2v) is 7.04. The average molecular weight is 334 g/mol. The summed E-state index contributed by atoms with van der Waals surface area (Å²) in [5, 5.41) is 4.66. The van der Waals surface area contributed by atoms with Crippen LogP contribution in [0.5, 0.6) is 0 Å². The molecule has 3 N–H and O–H groups in total. The molecule has 106 valence electrons. The second-order valence-electron chi connectivity index (χ2n) is 6.12. The van der Waals surface area contributed by atoms with E-state index in [9.17, 15) is 0 Å². The minimum Gasteiger partial charge on any atom is -0.396 e. The van der Waals surface area contributed by atoms with E-state index in [0.717, 1.165) is 33.3 Å². The number of nitrogens with zero attached hydrogens (tertiary/aromatic N) is 1. The summed E-state index contributed by atoms with van der Waals surface area (Å²) < 4.78 is 1.05. The maximum absolute atomic E-state index is 6.12. The first-order chi connectivity index (χ1) is 9.52. The lowest BCUT2D eigenvalue weighted by Crippen LogP contribution is -2.21. The molecule has 2 aromatic rings. The molecule has 0 amide bonds. The third-order valence-corrected chi connectivity index (χ3v) is 5.09. The van der Waals surface area contributed by atoms with Crippen LogP contribution in [-0.4, -0.2) is 11.5 Å². The van der Waals surface area contributed by atoms with Crippen LogP contribution in [0.3, 0.4) is 0 Å². The van der Waals surface area contributed by atoms with Gasteiger partial charge in [-0.25, -0.2) is 0 Å². The van der Waals surface area contributed by atoms with E-state index in [0.29, 0.717) is 11.3 Å².